The summed E-state index contributed by atoms with van der Waals surface area (Å²) < 4.78 is 10.7. The van der Waals surface area contributed by atoms with Crippen molar-refractivity contribution in [1.82, 2.24) is 14.9 Å². The summed E-state index contributed by atoms with van der Waals surface area (Å²) in [7, 11) is 3.19. The topological polar surface area (TPSA) is 64.6 Å². The Morgan fingerprint density at radius 1 is 1.24 bits per heavy atom. The van der Waals surface area contributed by atoms with Gasteiger partial charge in [0.15, 0.2) is 5.82 Å². The second kappa shape index (κ2) is 8.08. The molecule has 1 atom stereocenters. The van der Waals surface area contributed by atoms with Crippen molar-refractivity contribution in [1.29, 1.82) is 0 Å². The van der Waals surface area contributed by atoms with E-state index in [1.807, 2.05) is 24.0 Å². The van der Waals surface area contributed by atoms with Gasteiger partial charge in [-0.2, -0.15) is 4.98 Å². The first kappa shape index (κ1) is 19.8. The van der Waals surface area contributed by atoms with Crippen LogP contribution in [0.4, 0.5) is 0 Å². The SMILES string of the molecule is COCc1nc(OC)c2c(C)c(C(=O)N3CCCC3c3ccccc3C)sc2n1. The lowest BCUT2D eigenvalue weighted by atomic mass is 9.99. The van der Waals surface area contributed by atoms with Crippen LogP contribution in [-0.2, 0) is 11.3 Å². The zero-order valence-corrected chi connectivity index (χ0v) is 18.0. The van der Waals surface area contributed by atoms with Gasteiger partial charge in [-0.25, -0.2) is 4.98 Å². The molecule has 6 nitrogen and oxygen atoms in total. The molecule has 1 aliphatic rings. The number of nitrogens with zero attached hydrogens (tertiary/aromatic N) is 3. The summed E-state index contributed by atoms with van der Waals surface area (Å²) in [4.78, 5) is 26.1. The quantitative estimate of drug-likeness (QED) is 0.621. The van der Waals surface area contributed by atoms with Gasteiger partial charge in [-0.3, -0.25) is 4.79 Å². The summed E-state index contributed by atoms with van der Waals surface area (Å²) in [6.07, 6.45) is 2.00. The van der Waals surface area contributed by atoms with E-state index in [1.54, 1.807) is 14.2 Å². The molecule has 1 unspecified atom stereocenters. The molecule has 0 aliphatic carbocycles. The number of benzene rings is 1. The van der Waals surface area contributed by atoms with Crippen molar-refractivity contribution < 1.29 is 14.3 Å². The number of carbonyl (C=O) groups is 1. The van der Waals surface area contributed by atoms with Gasteiger partial charge < -0.3 is 14.4 Å². The van der Waals surface area contributed by atoms with Gasteiger partial charge in [0.05, 0.1) is 23.4 Å². The molecule has 1 aliphatic heterocycles. The maximum absolute atomic E-state index is 13.6. The maximum Gasteiger partial charge on any atom is 0.264 e. The van der Waals surface area contributed by atoms with Crippen molar-refractivity contribution in [3.05, 3.63) is 51.7 Å². The molecule has 0 radical (unpaired) electrons. The van der Waals surface area contributed by atoms with E-state index in [4.69, 9.17) is 9.47 Å². The summed E-state index contributed by atoms with van der Waals surface area (Å²) in [6, 6.07) is 8.45. The van der Waals surface area contributed by atoms with Crippen molar-refractivity contribution in [3.8, 4) is 5.88 Å². The molecule has 1 amide bonds. The molecular weight excluding hydrogens is 386 g/mol. The van der Waals surface area contributed by atoms with Crippen molar-refractivity contribution in [3.63, 3.8) is 0 Å². The van der Waals surface area contributed by atoms with E-state index in [9.17, 15) is 4.79 Å². The van der Waals surface area contributed by atoms with Gasteiger partial charge >= 0.3 is 0 Å². The number of hydrogen-bond donors (Lipinski definition) is 0. The molecule has 1 fully saturated rings. The molecule has 0 saturated carbocycles. The second-order valence-electron chi connectivity index (χ2n) is 7.33. The predicted molar refractivity (Wildman–Crippen MR) is 114 cm³/mol. The number of aryl methyl sites for hydroxylation is 2. The summed E-state index contributed by atoms with van der Waals surface area (Å²) in [5, 5.41) is 0.812. The number of aromatic nitrogens is 2. The molecule has 1 aromatic carbocycles. The molecule has 3 aromatic rings. The highest BCUT2D eigenvalue weighted by molar-refractivity contribution is 7.20. The molecule has 0 spiro atoms. The fourth-order valence-corrected chi connectivity index (χ4v) is 5.26. The number of rotatable bonds is 5. The number of ether oxygens (including phenoxy) is 2. The molecular formula is C22H25N3O3S. The molecule has 4 rings (SSSR count). The standard InChI is InChI=1S/C22H25N3O3S/c1-13-8-5-6-9-15(13)16-10-7-11-25(16)22(26)19-14(2)18-20(28-4)23-17(12-27-3)24-21(18)29-19/h5-6,8-9,16H,7,10-12H2,1-4H3. The minimum Gasteiger partial charge on any atom is -0.480 e. The summed E-state index contributed by atoms with van der Waals surface area (Å²) >= 11 is 1.41. The van der Waals surface area contributed by atoms with Gasteiger partial charge in [0.25, 0.3) is 5.91 Å². The molecule has 152 valence electrons. The molecule has 3 heterocycles. The monoisotopic (exact) mass is 411 g/mol. The zero-order chi connectivity index (χ0) is 20.5. The highest BCUT2D eigenvalue weighted by atomic mass is 32.1. The Morgan fingerprint density at radius 2 is 2.03 bits per heavy atom. The van der Waals surface area contributed by atoms with Gasteiger partial charge in [-0.05, 0) is 43.4 Å². The van der Waals surface area contributed by atoms with Crippen LogP contribution in [0.5, 0.6) is 5.88 Å². The molecule has 1 saturated heterocycles. The van der Waals surface area contributed by atoms with Gasteiger partial charge in [0.2, 0.25) is 5.88 Å². The van der Waals surface area contributed by atoms with E-state index in [0.29, 0.717) is 23.2 Å². The summed E-state index contributed by atoms with van der Waals surface area (Å²) in [6.45, 7) is 5.13. The first-order chi connectivity index (χ1) is 14.0. The number of hydrogen-bond acceptors (Lipinski definition) is 6. The lowest BCUT2D eigenvalue weighted by molar-refractivity contribution is 0.0739. The van der Waals surface area contributed by atoms with Crippen LogP contribution in [0.3, 0.4) is 0 Å². The first-order valence-corrected chi connectivity index (χ1v) is 10.6. The molecule has 7 heteroatoms. The van der Waals surface area contributed by atoms with Crippen LogP contribution in [0.25, 0.3) is 10.2 Å². The Labute approximate surface area is 174 Å². The van der Waals surface area contributed by atoms with Crippen LogP contribution in [0.15, 0.2) is 24.3 Å². The van der Waals surface area contributed by atoms with Crippen LogP contribution < -0.4 is 4.74 Å². The van der Waals surface area contributed by atoms with Gasteiger partial charge in [0.1, 0.15) is 11.4 Å². The van der Waals surface area contributed by atoms with Crippen LogP contribution in [-0.4, -0.2) is 41.5 Å². The van der Waals surface area contributed by atoms with Crippen molar-refractivity contribution in [2.75, 3.05) is 20.8 Å². The van der Waals surface area contributed by atoms with E-state index in [1.165, 1.54) is 22.5 Å². The van der Waals surface area contributed by atoms with E-state index in [2.05, 4.69) is 29.0 Å². The lowest BCUT2D eigenvalue weighted by Gasteiger charge is -2.26. The Morgan fingerprint density at radius 3 is 2.76 bits per heavy atom. The van der Waals surface area contributed by atoms with Gasteiger partial charge in [0, 0.05) is 13.7 Å². The average molecular weight is 412 g/mol. The van der Waals surface area contributed by atoms with Crippen molar-refractivity contribution in [2.24, 2.45) is 0 Å². The lowest BCUT2D eigenvalue weighted by Crippen LogP contribution is -2.30. The molecule has 0 N–H and O–H groups in total. The smallest absolute Gasteiger partial charge is 0.264 e. The van der Waals surface area contributed by atoms with Crippen LogP contribution >= 0.6 is 11.3 Å². The predicted octanol–water partition coefficient (Wildman–Crippen LogP) is 4.44. The molecule has 2 aromatic heterocycles. The second-order valence-corrected chi connectivity index (χ2v) is 8.33. The fraction of sp³-hybridized carbons (Fsp3) is 0.409. The Bertz CT molecular complexity index is 1060. The molecule has 0 bridgehead atoms. The third kappa shape index (κ3) is 3.49. The van der Waals surface area contributed by atoms with Crippen molar-refractivity contribution in [2.45, 2.75) is 39.3 Å². The van der Waals surface area contributed by atoms with E-state index >= 15 is 0 Å². The number of thiophene rings is 1. The van der Waals surface area contributed by atoms with Gasteiger partial charge in [-0.1, -0.05) is 24.3 Å². The number of carbonyl (C=O) groups excluding carboxylic acids is 1. The van der Waals surface area contributed by atoms with E-state index in [-0.39, 0.29) is 11.9 Å². The fourth-order valence-electron chi connectivity index (χ4n) is 4.11. The Balaban J connectivity index is 1.75. The molecule has 29 heavy (non-hydrogen) atoms. The highest BCUT2D eigenvalue weighted by Gasteiger charge is 2.33. The van der Waals surface area contributed by atoms with Gasteiger partial charge in [-0.15, -0.1) is 11.3 Å². The van der Waals surface area contributed by atoms with Crippen LogP contribution in [0.1, 0.15) is 51.1 Å². The van der Waals surface area contributed by atoms with E-state index < -0.39 is 0 Å². The van der Waals surface area contributed by atoms with Crippen molar-refractivity contribution >= 4 is 27.5 Å². The maximum atomic E-state index is 13.6. The third-order valence-electron chi connectivity index (χ3n) is 5.53. The number of amides is 1. The number of methoxy groups -OCH3 is 2. The average Bonchev–Trinajstić information content (AvgIpc) is 3.33. The summed E-state index contributed by atoms with van der Waals surface area (Å²) in [5.41, 5.74) is 3.34. The highest BCUT2D eigenvalue weighted by Crippen LogP contribution is 2.39. The van der Waals surface area contributed by atoms with Crippen LogP contribution in [0, 0.1) is 13.8 Å². The largest absolute Gasteiger partial charge is 0.480 e. The third-order valence-corrected chi connectivity index (χ3v) is 6.70. The summed E-state index contributed by atoms with van der Waals surface area (Å²) in [5.74, 6) is 1.11. The normalized spacial score (nSPS) is 16.6. The number of likely N-dealkylation sites (tertiary alicyclic amines) is 1. The zero-order valence-electron chi connectivity index (χ0n) is 17.2. The number of fused-ring (bicyclic) bond motifs is 1. The minimum atomic E-state index is 0.0617. The van der Waals surface area contributed by atoms with E-state index in [0.717, 1.165) is 35.2 Å². The minimum absolute atomic E-state index is 0.0617. The Kier molecular flexibility index (Phi) is 5.52. The Hall–Kier alpha value is -2.51. The first-order valence-electron chi connectivity index (χ1n) is 9.74. The van der Waals surface area contributed by atoms with Crippen LogP contribution in [0.2, 0.25) is 0 Å².